The van der Waals surface area contributed by atoms with Crippen molar-refractivity contribution >= 4 is 17.7 Å². The van der Waals surface area contributed by atoms with Crippen LogP contribution in [-0.4, -0.2) is 21.1 Å². The summed E-state index contributed by atoms with van der Waals surface area (Å²) in [4.78, 5) is 22.0. The summed E-state index contributed by atoms with van der Waals surface area (Å²) in [7, 11) is 0. The number of carbonyl (C=O) groups excluding carboxylic acids is 1. The molecule has 0 aliphatic rings. The first-order chi connectivity index (χ1) is 13.1. The van der Waals surface area contributed by atoms with E-state index in [4.69, 9.17) is 0 Å². The van der Waals surface area contributed by atoms with Crippen molar-refractivity contribution in [2.75, 3.05) is 0 Å². The van der Waals surface area contributed by atoms with Crippen LogP contribution in [0.4, 0.5) is 0 Å². The number of rotatable bonds is 7. The average Bonchev–Trinajstić information content (AvgIpc) is 2.68. The minimum absolute atomic E-state index is 0.0147. The Hall–Kier alpha value is -2.66. The molecule has 0 spiro atoms. The maximum absolute atomic E-state index is 12.2. The quantitative estimate of drug-likeness (QED) is 0.616. The minimum atomic E-state index is -0.0147. The molecule has 27 heavy (non-hydrogen) atoms. The molecule has 1 N–H and O–H groups in total. The molecule has 0 saturated carbocycles. The van der Waals surface area contributed by atoms with Gasteiger partial charge in [-0.15, -0.1) is 11.8 Å². The number of benzene rings is 2. The number of nitrogens with zero attached hydrogens (tertiary/aromatic N) is 2. The highest BCUT2D eigenvalue weighted by Crippen LogP contribution is 2.23. The summed E-state index contributed by atoms with van der Waals surface area (Å²) in [5, 5.41) is 3.49. The third kappa shape index (κ3) is 5.93. The molecular formula is C22H23N3OS. The van der Waals surface area contributed by atoms with Gasteiger partial charge in [-0.05, 0) is 23.8 Å². The Kier molecular flexibility index (Phi) is 6.60. The molecule has 1 heterocycles. The summed E-state index contributed by atoms with van der Waals surface area (Å²) in [6.45, 7) is 4.73. The molecule has 0 atom stereocenters. The lowest BCUT2D eigenvalue weighted by atomic mass is 10.1. The van der Waals surface area contributed by atoms with Crippen LogP contribution in [0.1, 0.15) is 25.1 Å². The Morgan fingerprint density at radius 1 is 1.04 bits per heavy atom. The second-order valence-corrected chi connectivity index (χ2v) is 8.17. The van der Waals surface area contributed by atoms with E-state index in [-0.39, 0.29) is 5.91 Å². The third-order valence-corrected chi connectivity index (χ3v) is 4.94. The van der Waals surface area contributed by atoms with E-state index in [1.807, 2.05) is 60.3 Å². The Bertz CT molecular complexity index is 880. The lowest BCUT2D eigenvalue weighted by Gasteiger charge is -2.08. The molecule has 3 aromatic rings. The molecule has 0 saturated heterocycles. The molecule has 3 rings (SSSR count). The fourth-order valence-electron chi connectivity index (χ4n) is 2.66. The van der Waals surface area contributed by atoms with E-state index >= 15 is 0 Å². The molecule has 1 amide bonds. The van der Waals surface area contributed by atoms with Crippen LogP contribution in [0.15, 0.2) is 71.9 Å². The molecule has 1 aromatic heterocycles. The van der Waals surface area contributed by atoms with E-state index < -0.39 is 0 Å². The summed E-state index contributed by atoms with van der Waals surface area (Å²) in [5.41, 5.74) is 3.69. The summed E-state index contributed by atoms with van der Waals surface area (Å²) in [6.07, 6.45) is 1.90. The highest BCUT2D eigenvalue weighted by Gasteiger charge is 2.06. The monoisotopic (exact) mass is 377 g/mol. The number of thioether (sulfide) groups is 1. The maximum atomic E-state index is 12.2. The molecule has 5 heteroatoms. The predicted molar refractivity (Wildman–Crippen MR) is 110 cm³/mol. The van der Waals surface area contributed by atoms with Gasteiger partial charge in [-0.2, -0.15) is 0 Å². The van der Waals surface area contributed by atoms with Crippen molar-refractivity contribution in [1.29, 1.82) is 0 Å². The number of hydrogen-bond donors (Lipinski definition) is 1. The first kappa shape index (κ1) is 19.1. The van der Waals surface area contributed by atoms with E-state index in [0.29, 0.717) is 18.2 Å². The number of nitrogens with one attached hydrogen (secondary N) is 1. The van der Waals surface area contributed by atoms with Gasteiger partial charge in [0.15, 0.2) is 0 Å². The van der Waals surface area contributed by atoms with Gasteiger partial charge < -0.3 is 5.32 Å². The van der Waals surface area contributed by atoms with Crippen molar-refractivity contribution in [3.8, 4) is 11.3 Å². The molecule has 0 fully saturated rings. The summed E-state index contributed by atoms with van der Waals surface area (Å²) in [6, 6.07) is 20.0. The number of hydrogen-bond acceptors (Lipinski definition) is 4. The zero-order valence-electron chi connectivity index (χ0n) is 15.6. The van der Waals surface area contributed by atoms with E-state index in [1.54, 1.807) is 0 Å². The maximum Gasteiger partial charge on any atom is 0.224 e. The molecule has 0 unspecified atom stereocenters. The topological polar surface area (TPSA) is 54.9 Å². The fraction of sp³-hybridized carbons (Fsp3) is 0.227. The van der Waals surface area contributed by atoms with Crippen LogP contribution in [0, 0.1) is 0 Å². The highest BCUT2D eigenvalue weighted by molar-refractivity contribution is 7.99. The standard InChI is InChI=1S/C22H23N3OS/c1-16(2)27-20-10-8-17(9-11-20)12-22(26)23-14-19-13-21(25-15-24-19)18-6-4-3-5-7-18/h3-11,13,15-16H,12,14H2,1-2H3,(H,23,26). The van der Waals surface area contributed by atoms with Crippen LogP contribution in [0.5, 0.6) is 0 Å². The van der Waals surface area contributed by atoms with Crippen LogP contribution < -0.4 is 5.32 Å². The van der Waals surface area contributed by atoms with Gasteiger partial charge in [-0.25, -0.2) is 9.97 Å². The number of carbonyl (C=O) groups is 1. The van der Waals surface area contributed by atoms with Gasteiger partial charge in [0.05, 0.1) is 24.4 Å². The lowest BCUT2D eigenvalue weighted by molar-refractivity contribution is -0.120. The van der Waals surface area contributed by atoms with Gasteiger partial charge in [0.25, 0.3) is 0 Å². The van der Waals surface area contributed by atoms with Crippen molar-refractivity contribution < 1.29 is 4.79 Å². The predicted octanol–water partition coefficient (Wildman–Crippen LogP) is 4.50. The van der Waals surface area contributed by atoms with Crippen LogP contribution >= 0.6 is 11.8 Å². The van der Waals surface area contributed by atoms with Crippen molar-refractivity contribution in [1.82, 2.24) is 15.3 Å². The SMILES string of the molecule is CC(C)Sc1ccc(CC(=O)NCc2cc(-c3ccccc3)ncn2)cc1. The zero-order valence-corrected chi connectivity index (χ0v) is 16.4. The average molecular weight is 378 g/mol. The Morgan fingerprint density at radius 2 is 1.78 bits per heavy atom. The van der Waals surface area contributed by atoms with Gasteiger partial charge in [0, 0.05) is 15.7 Å². The largest absolute Gasteiger partial charge is 0.350 e. The summed E-state index contributed by atoms with van der Waals surface area (Å²) >= 11 is 1.82. The lowest BCUT2D eigenvalue weighted by Crippen LogP contribution is -2.25. The smallest absolute Gasteiger partial charge is 0.224 e. The fourth-order valence-corrected chi connectivity index (χ4v) is 3.49. The molecule has 138 valence electrons. The summed E-state index contributed by atoms with van der Waals surface area (Å²) in [5.74, 6) is -0.0147. The van der Waals surface area contributed by atoms with Gasteiger partial charge in [0.2, 0.25) is 5.91 Å². The number of aromatic nitrogens is 2. The normalized spacial score (nSPS) is 10.8. The van der Waals surface area contributed by atoms with E-state index in [2.05, 4.69) is 41.3 Å². The molecule has 2 aromatic carbocycles. The van der Waals surface area contributed by atoms with Gasteiger partial charge in [-0.1, -0.05) is 56.3 Å². The van der Waals surface area contributed by atoms with Gasteiger partial charge in [-0.3, -0.25) is 4.79 Å². The molecular weight excluding hydrogens is 354 g/mol. The van der Waals surface area contributed by atoms with Crippen LogP contribution in [0.2, 0.25) is 0 Å². The Labute approximate surface area is 164 Å². The van der Waals surface area contributed by atoms with E-state index in [9.17, 15) is 4.79 Å². The third-order valence-electron chi connectivity index (χ3n) is 3.92. The van der Waals surface area contributed by atoms with Crippen LogP contribution in [0.25, 0.3) is 11.3 Å². The molecule has 0 bridgehead atoms. The molecule has 4 nitrogen and oxygen atoms in total. The minimum Gasteiger partial charge on any atom is -0.350 e. The first-order valence-corrected chi connectivity index (χ1v) is 9.87. The second-order valence-electron chi connectivity index (χ2n) is 6.52. The molecule has 0 radical (unpaired) electrons. The van der Waals surface area contributed by atoms with Gasteiger partial charge in [0.1, 0.15) is 6.33 Å². The van der Waals surface area contributed by atoms with Crippen molar-refractivity contribution in [2.45, 2.75) is 37.0 Å². The van der Waals surface area contributed by atoms with Crippen molar-refractivity contribution in [3.05, 3.63) is 78.2 Å². The highest BCUT2D eigenvalue weighted by atomic mass is 32.2. The van der Waals surface area contributed by atoms with E-state index in [1.165, 1.54) is 11.2 Å². The zero-order chi connectivity index (χ0) is 19.1. The molecule has 0 aliphatic carbocycles. The second kappa shape index (κ2) is 9.33. The van der Waals surface area contributed by atoms with Gasteiger partial charge >= 0.3 is 0 Å². The van der Waals surface area contributed by atoms with Crippen LogP contribution in [0.3, 0.4) is 0 Å². The molecule has 0 aliphatic heterocycles. The Morgan fingerprint density at radius 3 is 2.48 bits per heavy atom. The number of amides is 1. The van der Waals surface area contributed by atoms with Crippen molar-refractivity contribution in [3.63, 3.8) is 0 Å². The van der Waals surface area contributed by atoms with Crippen LogP contribution in [-0.2, 0) is 17.8 Å². The summed E-state index contributed by atoms with van der Waals surface area (Å²) < 4.78 is 0. The Balaban J connectivity index is 1.55. The van der Waals surface area contributed by atoms with Crippen molar-refractivity contribution in [2.24, 2.45) is 0 Å². The van der Waals surface area contributed by atoms with E-state index in [0.717, 1.165) is 22.5 Å². The first-order valence-electron chi connectivity index (χ1n) is 8.99.